The summed E-state index contributed by atoms with van der Waals surface area (Å²) in [4.78, 5) is 38.0. The highest BCUT2D eigenvalue weighted by molar-refractivity contribution is 5.71. The fourth-order valence-corrected chi connectivity index (χ4v) is 7.66. The average molecular weight is 895 g/mol. The number of rotatable bonds is 49. The molecular weight excluding hydrogens is 793 g/mol. The molecule has 370 valence electrons. The molecule has 0 aliphatic heterocycles. The van der Waals surface area contributed by atoms with Gasteiger partial charge >= 0.3 is 17.9 Å². The lowest BCUT2D eigenvalue weighted by atomic mass is 10.0. The third-order valence-corrected chi connectivity index (χ3v) is 11.8. The maximum absolute atomic E-state index is 12.8. The fourth-order valence-electron chi connectivity index (χ4n) is 7.66. The predicted molar refractivity (Wildman–Crippen MR) is 275 cm³/mol. The maximum atomic E-state index is 12.8. The van der Waals surface area contributed by atoms with E-state index in [0.717, 1.165) is 96.3 Å². The topological polar surface area (TPSA) is 78.9 Å². The molecule has 0 radical (unpaired) electrons. The molecule has 0 aliphatic rings. The van der Waals surface area contributed by atoms with Crippen molar-refractivity contribution in [3.8, 4) is 0 Å². The molecule has 1 atom stereocenters. The van der Waals surface area contributed by atoms with Gasteiger partial charge in [-0.1, -0.05) is 229 Å². The first kappa shape index (κ1) is 61.1. The predicted octanol–water partition coefficient (Wildman–Crippen LogP) is 18.0. The van der Waals surface area contributed by atoms with Crippen molar-refractivity contribution < 1.29 is 28.6 Å². The molecule has 0 bridgehead atoms. The molecule has 0 unspecified atom stereocenters. The summed E-state index contributed by atoms with van der Waals surface area (Å²) in [5.74, 6) is -0.903. The van der Waals surface area contributed by atoms with E-state index in [4.69, 9.17) is 14.2 Å². The lowest BCUT2D eigenvalue weighted by Crippen LogP contribution is -2.30. The van der Waals surface area contributed by atoms with Crippen LogP contribution in [0, 0.1) is 0 Å². The first-order valence-electron chi connectivity index (χ1n) is 27.3. The highest BCUT2D eigenvalue weighted by Crippen LogP contribution is 2.15. The number of carbonyl (C=O) groups is 3. The first-order chi connectivity index (χ1) is 31.5. The minimum Gasteiger partial charge on any atom is -0.462 e. The molecular formula is C58H102O6. The summed E-state index contributed by atoms with van der Waals surface area (Å²) in [5, 5.41) is 0. The van der Waals surface area contributed by atoms with E-state index in [2.05, 4.69) is 81.5 Å². The molecule has 0 aromatic carbocycles. The second kappa shape index (κ2) is 52.7. The first-order valence-corrected chi connectivity index (χ1v) is 27.3. The van der Waals surface area contributed by atoms with E-state index < -0.39 is 6.10 Å². The van der Waals surface area contributed by atoms with Gasteiger partial charge < -0.3 is 14.2 Å². The van der Waals surface area contributed by atoms with Crippen LogP contribution in [-0.2, 0) is 28.6 Å². The Morgan fingerprint density at radius 1 is 0.328 bits per heavy atom. The summed E-state index contributed by atoms with van der Waals surface area (Å²) in [6, 6.07) is 0. The smallest absolute Gasteiger partial charge is 0.306 e. The van der Waals surface area contributed by atoms with Crippen LogP contribution in [0.15, 0.2) is 60.8 Å². The van der Waals surface area contributed by atoms with Gasteiger partial charge in [-0.05, 0) is 83.5 Å². The van der Waals surface area contributed by atoms with E-state index in [1.807, 2.05) is 0 Å². The summed E-state index contributed by atoms with van der Waals surface area (Å²) in [6.07, 6.45) is 64.9. The van der Waals surface area contributed by atoms with Crippen molar-refractivity contribution in [1.82, 2.24) is 0 Å². The SMILES string of the molecule is CC/C=C\C/C=C\C/C=C\C/C=C\CCCCCCC(=O)OC[C@H](COC(=O)CCCCCCCCC/C=C\CCCCCCCC)OC(=O)CCCCCCCCCCCCCC. The van der Waals surface area contributed by atoms with Crippen LogP contribution < -0.4 is 0 Å². The number of esters is 3. The molecule has 0 rings (SSSR count). The Hall–Kier alpha value is -2.89. The molecule has 0 aromatic heterocycles. The zero-order chi connectivity index (χ0) is 46.5. The summed E-state index contributed by atoms with van der Waals surface area (Å²) in [6.45, 7) is 6.51. The molecule has 0 fully saturated rings. The van der Waals surface area contributed by atoms with E-state index in [9.17, 15) is 14.4 Å². The van der Waals surface area contributed by atoms with Crippen molar-refractivity contribution >= 4 is 17.9 Å². The Labute approximate surface area is 396 Å². The van der Waals surface area contributed by atoms with Crippen LogP contribution in [0.3, 0.4) is 0 Å². The van der Waals surface area contributed by atoms with Gasteiger partial charge in [-0.3, -0.25) is 14.4 Å². The van der Waals surface area contributed by atoms with E-state index in [1.165, 1.54) is 135 Å². The van der Waals surface area contributed by atoms with Gasteiger partial charge in [0, 0.05) is 19.3 Å². The van der Waals surface area contributed by atoms with Crippen molar-refractivity contribution in [3.05, 3.63) is 60.8 Å². The summed E-state index contributed by atoms with van der Waals surface area (Å²) in [7, 11) is 0. The Bertz CT molecular complexity index is 1170. The fraction of sp³-hybridized carbons (Fsp3) is 0.776. The van der Waals surface area contributed by atoms with Crippen LogP contribution in [0.25, 0.3) is 0 Å². The number of allylic oxidation sites excluding steroid dienone is 10. The molecule has 6 heteroatoms. The summed E-state index contributed by atoms with van der Waals surface area (Å²) < 4.78 is 16.8. The summed E-state index contributed by atoms with van der Waals surface area (Å²) in [5.41, 5.74) is 0. The monoisotopic (exact) mass is 895 g/mol. The normalized spacial score (nSPS) is 12.5. The van der Waals surface area contributed by atoms with E-state index in [1.54, 1.807) is 0 Å². The van der Waals surface area contributed by atoms with E-state index >= 15 is 0 Å². The van der Waals surface area contributed by atoms with Crippen molar-refractivity contribution in [1.29, 1.82) is 0 Å². The molecule has 0 saturated heterocycles. The molecule has 0 N–H and O–H groups in total. The number of ether oxygens (including phenoxy) is 3. The van der Waals surface area contributed by atoms with E-state index in [0.29, 0.717) is 19.3 Å². The number of carbonyl (C=O) groups excluding carboxylic acids is 3. The van der Waals surface area contributed by atoms with Crippen LogP contribution in [0.1, 0.15) is 271 Å². The van der Waals surface area contributed by atoms with Crippen molar-refractivity contribution in [2.24, 2.45) is 0 Å². The third-order valence-electron chi connectivity index (χ3n) is 11.8. The Morgan fingerprint density at radius 3 is 0.969 bits per heavy atom. The molecule has 0 amide bonds. The molecule has 0 heterocycles. The Morgan fingerprint density at radius 2 is 0.609 bits per heavy atom. The number of hydrogen-bond donors (Lipinski definition) is 0. The van der Waals surface area contributed by atoms with Gasteiger partial charge in [0.15, 0.2) is 6.10 Å². The molecule has 0 saturated carbocycles. The molecule has 6 nitrogen and oxygen atoms in total. The quantitative estimate of drug-likeness (QED) is 0.0262. The van der Waals surface area contributed by atoms with Crippen LogP contribution in [0.5, 0.6) is 0 Å². The second-order valence-electron chi connectivity index (χ2n) is 18.1. The van der Waals surface area contributed by atoms with Gasteiger partial charge in [-0.25, -0.2) is 0 Å². The van der Waals surface area contributed by atoms with Crippen LogP contribution in [0.2, 0.25) is 0 Å². The lowest BCUT2D eigenvalue weighted by Gasteiger charge is -2.18. The van der Waals surface area contributed by atoms with Crippen LogP contribution in [0.4, 0.5) is 0 Å². The second-order valence-corrected chi connectivity index (χ2v) is 18.1. The molecule has 0 spiro atoms. The Kier molecular flexibility index (Phi) is 50.4. The van der Waals surface area contributed by atoms with Gasteiger partial charge in [0.25, 0.3) is 0 Å². The van der Waals surface area contributed by atoms with Crippen molar-refractivity contribution in [2.45, 2.75) is 277 Å². The third kappa shape index (κ3) is 50.1. The largest absolute Gasteiger partial charge is 0.462 e. The number of hydrogen-bond acceptors (Lipinski definition) is 6. The zero-order valence-electron chi connectivity index (χ0n) is 42.3. The van der Waals surface area contributed by atoms with Gasteiger partial charge in [0.1, 0.15) is 13.2 Å². The lowest BCUT2D eigenvalue weighted by molar-refractivity contribution is -0.167. The minimum absolute atomic E-state index is 0.0823. The van der Waals surface area contributed by atoms with Crippen molar-refractivity contribution in [3.63, 3.8) is 0 Å². The van der Waals surface area contributed by atoms with E-state index in [-0.39, 0.29) is 31.1 Å². The van der Waals surface area contributed by atoms with Gasteiger partial charge in [-0.15, -0.1) is 0 Å². The molecule has 0 aromatic rings. The minimum atomic E-state index is -0.783. The Balaban J connectivity index is 4.38. The summed E-state index contributed by atoms with van der Waals surface area (Å²) >= 11 is 0. The van der Waals surface area contributed by atoms with Gasteiger partial charge in [0.05, 0.1) is 0 Å². The molecule has 64 heavy (non-hydrogen) atoms. The van der Waals surface area contributed by atoms with Gasteiger partial charge in [0.2, 0.25) is 0 Å². The van der Waals surface area contributed by atoms with Crippen LogP contribution >= 0.6 is 0 Å². The van der Waals surface area contributed by atoms with Crippen molar-refractivity contribution in [2.75, 3.05) is 13.2 Å². The standard InChI is InChI=1S/C58H102O6/c1-4-7-10-13-16-19-22-25-27-29-31-33-36-38-41-44-47-50-56(59)62-53-55(64-58(61)52-49-46-43-40-35-24-21-18-15-12-9-6-3)54-63-57(60)51-48-45-42-39-37-34-32-30-28-26-23-20-17-14-11-8-5-2/h7,10,16,19,25-28,31,33,55H,4-6,8-9,11-15,17-18,20-24,29-30,32,34-54H2,1-3H3/b10-7-,19-16-,27-25-,28-26-,33-31-/t55-/m1/s1. The zero-order valence-corrected chi connectivity index (χ0v) is 42.3. The van der Waals surface area contributed by atoms with Crippen LogP contribution in [-0.4, -0.2) is 37.2 Å². The molecule has 0 aliphatic carbocycles. The highest BCUT2D eigenvalue weighted by atomic mass is 16.6. The maximum Gasteiger partial charge on any atom is 0.306 e. The average Bonchev–Trinajstić information content (AvgIpc) is 3.29. The highest BCUT2D eigenvalue weighted by Gasteiger charge is 2.19. The number of unbranched alkanes of at least 4 members (excludes halogenated alkanes) is 28. The van der Waals surface area contributed by atoms with Gasteiger partial charge in [-0.2, -0.15) is 0 Å².